The first kappa shape index (κ1) is 16.0. The fourth-order valence-corrected chi connectivity index (χ4v) is 2.94. The van der Waals surface area contributed by atoms with Gasteiger partial charge in [-0.1, -0.05) is 49.6 Å². The molecule has 1 aliphatic carbocycles. The highest BCUT2D eigenvalue weighted by Gasteiger charge is 2.31. The van der Waals surface area contributed by atoms with Crippen LogP contribution >= 0.6 is 0 Å². The third kappa shape index (κ3) is 5.14. The molecule has 1 aromatic carbocycles. The zero-order valence-corrected chi connectivity index (χ0v) is 12.4. The van der Waals surface area contributed by atoms with E-state index in [1.165, 1.54) is 0 Å². The van der Waals surface area contributed by atoms with E-state index in [4.69, 9.17) is 0 Å². The van der Waals surface area contributed by atoms with Crippen molar-refractivity contribution in [3.05, 3.63) is 35.9 Å². The molecule has 0 spiro atoms. The largest absolute Gasteiger partial charge is 0.389 e. The van der Waals surface area contributed by atoms with Crippen LogP contribution in [0.5, 0.6) is 0 Å². The standard InChI is InChI=1S/C17H25NO3/c19-15(14-7-3-1-4-8-14)9-12-18-16(20)13-17(21)10-5-2-6-11-17/h1,3-4,7-8,15,19,21H,2,5-6,9-13H2,(H,18,20). The van der Waals surface area contributed by atoms with Gasteiger partial charge in [0.05, 0.1) is 18.1 Å². The van der Waals surface area contributed by atoms with E-state index in [9.17, 15) is 15.0 Å². The molecule has 1 aromatic rings. The van der Waals surface area contributed by atoms with Crippen molar-refractivity contribution in [2.45, 2.75) is 56.7 Å². The van der Waals surface area contributed by atoms with Crippen molar-refractivity contribution in [2.24, 2.45) is 0 Å². The van der Waals surface area contributed by atoms with Gasteiger partial charge in [0.1, 0.15) is 0 Å². The van der Waals surface area contributed by atoms with E-state index in [1.54, 1.807) is 0 Å². The molecule has 1 saturated carbocycles. The number of amides is 1. The minimum atomic E-state index is -0.819. The molecule has 4 nitrogen and oxygen atoms in total. The molecular weight excluding hydrogens is 266 g/mol. The summed E-state index contributed by atoms with van der Waals surface area (Å²) in [6.45, 7) is 0.422. The van der Waals surface area contributed by atoms with Gasteiger partial charge in [-0.05, 0) is 24.8 Å². The Balaban J connectivity index is 1.69. The van der Waals surface area contributed by atoms with Crippen LogP contribution < -0.4 is 5.32 Å². The lowest BCUT2D eigenvalue weighted by molar-refractivity contribution is -0.127. The second-order valence-corrected chi connectivity index (χ2v) is 6.03. The lowest BCUT2D eigenvalue weighted by Gasteiger charge is -2.31. The zero-order valence-electron chi connectivity index (χ0n) is 12.4. The van der Waals surface area contributed by atoms with Crippen LogP contribution in [0.1, 0.15) is 56.6 Å². The van der Waals surface area contributed by atoms with E-state index < -0.39 is 11.7 Å². The highest BCUT2D eigenvalue weighted by molar-refractivity contribution is 5.77. The number of hydrogen-bond acceptors (Lipinski definition) is 3. The molecule has 0 bridgehead atoms. The Bertz CT molecular complexity index is 441. The Morgan fingerprint density at radius 3 is 2.52 bits per heavy atom. The first-order valence-corrected chi connectivity index (χ1v) is 7.81. The molecule has 4 heteroatoms. The van der Waals surface area contributed by atoms with Crippen LogP contribution in [0.25, 0.3) is 0 Å². The van der Waals surface area contributed by atoms with Crippen LogP contribution in [0.15, 0.2) is 30.3 Å². The normalized spacial score (nSPS) is 19.0. The number of benzene rings is 1. The third-order valence-corrected chi connectivity index (χ3v) is 4.20. The molecule has 0 heterocycles. The van der Waals surface area contributed by atoms with Gasteiger partial charge in [-0.3, -0.25) is 4.79 Å². The summed E-state index contributed by atoms with van der Waals surface area (Å²) in [5.74, 6) is -0.125. The molecule has 0 saturated heterocycles. The molecule has 0 radical (unpaired) electrons. The monoisotopic (exact) mass is 291 g/mol. The van der Waals surface area contributed by atoms with Crippen molar-refractivity contribution < 1.29 is 15.0 Å². The summed E-state index contributed by atoms with van der Waals surface area (Å²) in [7, 11) is 0. The van der Waals surface area contributed by atoms with Gasteiger partial charge >= 0.3 is 0 Å². The van der Waals surface area contributed by atoms with Gasteiger partial charge in [-0.15, -0.1) is 0 Å². The predicted octanol–water partition coefficient (Wildman–Crippen LogP) is 2.31. The van der Waals surface area contributed by atoms with Crippen molar-refractivity contribution >= 4 is 5.91 Å². The molecule has 3 N–H and O–H groups in total. The number of rotatable bonds is 6. The lowest BCUT2D eigenvalue weighted by atomic mass is 9.82. The fourth-order valence-electron chi connectivity index (χ4n) is 2.94. The van der Waals surface area contributed by atoms with Crippen molar-refractivity contribution in [2.75, 3.05) is 6.54 Å². The second kappa shape index (κ2) is 7.57. The molecule has 21 heavy (non-hydrogen) atoms. The maximum Gasteiger partial charge on any atom is 0.222 e. The smallest absolute Gasteiger partial charge is 0.222 e. The maximum atomic E-state index is 11.9. The fraction of sp³-hybridized carbons (Fsp3) is 0.588. The Hall–Kier alpha value is -1.39. The average Bonchev–Trinajstić information content (AvgIpc) is 2.48. The molecule has 116 valence electrons. The van der Waals surface area contributed by atoms with Gasteiger partial charge in [-0.25, -0.2) is 0 Å². The number of nitrogens with one attached hydrogen (secondary N) is 1. The summed E-state index contributed by atoms with van der Waals surface area (Å²) in [6, 6.07) is 9.42. The molecule has 0 aliphatic heterocycles. The van der Waals surface area contributed by atoms with Crippen LogP contribution in [0, 0.1) is 0 Å². The second-order valence-electron chi connectivity index (χ2n) is 6.03. The Labute approximate surface area is 126 Å². The quantitative estimate of drug-likeness (QED) is 0.753. The number of carbonyl (C=O) groups excluding carboxylic acids is 1. The van der Waals surface area contributed by atoms with Crippen LogP contribution in [-0.2, 0) is 4.79 Å². The number of aliphatic hydroxyl groups is 2. The molecule has 1 atom stereocenters. The molecule has 1 aliphatic rings. The van der Waals surface area contributed by atoms with E-state index in [0.29, 0.717) is 25.8 Å². The highest BCUT2D eigenvalue weighted by Crippen LogP contribution is 2.30. The maximum absolute atomic E-state index is 11.9. The van der Waals surface area contributed by atoms with E-state index in [-0.39, 0.29) is 12.3 Å². The van der Waals surface area contributed by atoms with Crippen molar-refractivity contribution in [1.82, 2.24) is 5.32 Å². The number of carbonyl (C=O) groups is 1. The van der Waals surface area contributed by atoms with E-state index >= 15 is 0 Å². The van der Waals surface area contributed by atoms with Crippen LogP contribution in [0.3, 0.4) is 0 Å². The van der Waals surface area contributed by atoms with Gasteiger partial charge in [0.2, 0.25) is 5.91 Å². The van der Waals surface area contributed by atoms with E-state index in [0.717, 1.165) is 24.8 Å². The first-order valence-electron chi connectivity index (χ1n) is 7.81. The summed E-state index contributed by atoms with van der Waals surface area (Å²) in [6.07, 6.45) is 4.66. The van der Waals surface area contributed by atoms with E-state index in [2.05, 4.69) is 5.32 Å². The Kier molecular flexibility index (Phi) is 5.76. The first-order chi connectivity index (χ1) is 10.1. The predicted molar refractivity (Wildman–Crippen MR) is 81.7 cm³/mol. The molecule has 0 aromatic heterocycles. The number of hydrogen-bond donors (Lipinski definition) is 3. The van der Waals surface area contributed by atoms with Gasteiger partial charge in [-0.2, -0.15) is 0 Å². The van der Waals surface area contributed by atoms with Crippen molar-refractivity contribution in [3.63, 3.8) is 0 Å². The van der Waals surface area contributed by atoms with Crippen LogP contribution in [-0.4, -0.2) is 28.3 Å². The minimum Gasteiger partial charge on any atom is -0.389 e. The summed E-state index contributed by atoms with van der Waals surface area (Å²) in [5.41, 5.74) is 0.0399. The minimum absolute atomic E-state index is 0.125. The van der Waals surface area contributed by atoms with Crippen molar-refractivity contribution in [3.8, 4) is 0 Å². The van der Waals surface area contributed by atoms with Gasteiger partial charge < -0.3 is 15.5 Å². The van der Waals surface area contributed by atoms with Crippen molar-refractivity contribution in [1.29, 1.82) is 0 Å². The Morgan fingerprint density at radius 1 is 1.19 bits per heavy atom. The highest BCUT2D eigenvalue weighted by atomic mass is 16.3. The molecule has 2 rings (SSSR count). The summed E-state index contributed by atoms with van der Waals surface area (Å²) in [5, 5.41) is 23.1. The molecule has 1 amide bonds. The molecule has 1 fully saturated rings. The van der Waals surface area contributed by atoms with Crippen LogP contribution in [0.4, 0.5) is 0 Å². The molecular formula is C17H25NO3. The summed E-state index contributed by atoms with van der Waals surface area (Å²) < 4.78 is 0. The van der Waals surface area contributed by atoms with E-state index in [1.807, 2.05) is 30.3 Å². The molecule has 1 unspecified atom stereocenters. The topological polar surface area (TPSA) is 69.6 Å². The number of aliphatic hydroxyl groups excluding tert-OH is 1. The SMILES string of the molecule is O=C(CC1(O)CCCCC1)NCCC(O)c1ccccc1. The van der Waals surface area contributed by atoms with Gasteiger partial charge in [0.15, 0.2) is 0 Å². The third-order valence-electron chi connectivity index (χ3n) is 4.20. The van der Waals surface area contributed by atoms with Crippen LogP contribution in [0.2, 0.25) is 0 Å². The van der Waals surface area contributed by atoms with Gasteiger partial charge in [0, 0.05) is 6.54 Å². The summed E-state index contributed by atoms with van der Waals surface area (Å²) in [4.78, 5) is 11.9. The Morgan fingerprint density at radius 2 is 1.86 bits per heavy atom. The zero-order chi connectivity index (χ0) is 15.1. The van der Waals surface area contributed by atoms with Gasteiger partial charge in [0.25, 0.3) is 0 Å². The lowest BCUT2D eigenvalue weighted by Crippen LogP contribution is -2.38. The summed E-state index contributed by atoms with van der Waals surface area (Å²) >= 11 is 0. The average molecular weight is 291 g/mol.